The van der Waals surface area contributed by atoms with E-state index in [9.17, 15) is 0 Å². The van der Waals surface area contributed by atoms with Gasteiger partial charge < -0.3 is 4.74 Å². The summed E-state index contributed by atoms with van der Waals surface area (Å²) in [6.07, 6.45) is 2.97. The van der Waals surface area contributed by atoms with E-state index in [0.29, 0.717) is 17.4 Å². The molecule has 0 spiro atoms. The molecule has 1 heteroatoms. The highest BCUT2D eigenvalue weighted by molar-refractivity contribution is 4.91. The van der Waals surface area contributed by atoms with Crippen molar-refractivity contribution >= 4 is 0 Å². The molecule has 1 unspecified atom stereocenters. The summed E-state index contributed by atoms with van der Waals surface area (Å²) < 4.78 is 5.89. The summed E-state index contributed by atoms with van der Waals surface area (Å²) in [5.74, 6) is 2.19. The Balaban J connectivity index is 2.80. The van der Waals surface area contributed by atoms with Crippen LogP contribution in [0.3, 0.4) is 0 Å². The van der Waals surface area contributed by atoms with Gasteiger partial charge in [-0.3, -0.25) is 0 Å². The Morgan fingerprint density at radius 1 is 1.00 bits per heavy atom. The van der Waals surface area contributed by atoms with Gasteiger partial charge in [-0.2, -0.15) is 0 Å². The minimum Gasteiger partial charge on any atom is -0.378 e. The Labute approximate surface area is 95.6 Å². The zero-order chi connectivity index (χ0) is 11.6. The van der Waals surface area contributed by atoms with E-state index in [0.717, 1.165) is 18.4 Å². The minimum atomic E-state index is 0.476. The van der Waals surface area contributed by atoms with Crippen LogP contribution >= 0.6 is 0 Å². The fourth-order valence-corrected chi connectivity index (χ4v) is 3.08. The zero-order valence-corrected chi connectivity index (χ0v) is 11.3. The van der Waals surface area contributed by atoms with Crippen molar-refractivity contribution in [3.05, 3.63) is 0 Å². The van der Waals surface area contributed by atoms with Gasteiger partial charge in [0.25, 0.3) is 0 Å². The Hall–Kier alpha value is -0.0400. The molecule has 90 valence electrons. The van der Waals surface area contributed by atoms with E-state index in [1.807, 2.05) is 0 Å². The first kappa shape index (κ1) is 13.0. The van der Waals surface area contributed by atoms with E-state index >= 15 is 0 Å². The molecule has 0 saturated carbocycles. The molecule has 0 aromatic carbocycles. The predicted octanol–water partition coefficient (Wildman–Crippen LogP) is 4.12. The Bertz CT molecular complexity index is 186. The fraction of sp³-hybridized carbons (Fsp3) is 1.00. The van der Waals surface area contributed by atoms with E-state index in [4.69, 9.17) is 4.74 Å². The molecule has 0 aliphatic carbocycles. The molecule has 1 aliphatic heterocycles. The van der Waals surface area contributed by atoms with Gasteiger partial charge in [-0.05, 0) is 36.0 Å². The molecule has 0 aromatic rings. The molecule has 1 atom stereocenters. The maximum atomic E-state index is 5.89. The number of hydrogen-bond donors (Lipinski definition) is 0. The smallest absolute Gasteiger partial charge is 0.0603 e. The normalized spacial score (nSPS) is 26.6. The summed E-state index contributed by atoms with van der Waals surface area (Å²) in [7, 11) is 0. The first-order chi connectivity index (χ1) is 6.90. The largest absolute Gasteiger partial charge is 0.378 e. The van der Waals surface area contributed by atoms with Crippen LogP contribution in [0.4, 0.5) is 0 Å². The third-order valence-corrected chi connectivity index (χ3v) is 4.52. The van der Waals surface area contributed by atoms with Crippen molar-refractivity contribution in [2.45, 2.75) is 60.5 Å². The monoisotopic (exact) mass is 212 g/mol. The van der Waals surface area contributed by atoms with Gasteiger partial charge in [-0.25, -0.2) is 0 Å². The highest BCUT2D eigenvalue weighted by atomic mass is 16.5. The van der Waals surface area contributed by atoms with Crippen molar-refractivity contribution in [1.29, 1.82) is 0 Å². The average Bonchev–Trinajstić information content (AvgIpc) is 2.17. The van der Waals surface area contributed by atoms with Crippen LogP contribution in [-0.2, 0) is 4.74 Å². The van der Waals surface area contributed by atoms with Crippen LogP contribution in [0.5, 0.6) is 0 Å². The summed E-state index contributed by atoms with van der Waals surface area (Å²) in [4.78, 5) is 0. The van der Waals surface area contributed by atoms with Crippen molar-refractivity contribution in [1.82, 2.24) is 0 Å². The predicted molar refractivity (Wildman–Crippen MR) is 65.9 cm³/mol. The van der Waals surface area contributed by atoms with Crippen molar-refractivity contribution in [3.8, 4) is 0 Å². The minimum absolute atomic E-state index is 0.476. The fourth-order valence-electron chi connectivity index (χ4n) is 3.08. The summed E-state index contributed by atoms with van der Waals surface area (Å²) in [6.45, 7) is 15.0. The Morgan fingerprint density at radius 2 is 1.53 bits per heavy atom. The maximum absolute atomic E-state index is 5.89. The van der Waals surface area contributed by atoms with Gasteiger partial charge in [0.1, 0.15) is 0 Å². The molecule has 0 bridgehead atoms. The molecule has 0 aromatic heterocycles. The Kier molecular flexibility index (Phi) is 4.22. The third kappa shape index (κ3) is 2.55. The Morgan fingerprint density at radius 3 is 1.93 bits per heavy atom. The highest BCUT2D eigenvalue weighted by Gasteiger charge is 2.42. The molecule has 15 heavy (non-hydrogen) atoms. The summed E-state index contributed by atoms with van der Waals surface area (Å²) in [5.41, 5.74) is 0.507. The lowest BCUT2D eigenvalue weighted by Crippen LogP contribution is -2.44. The van der Waals surface area contributed by atoms with Gasteiger partial charge in [0.15, 0.2) is 0 Å². The molecule has 1 rings (SSSR count). The lowest BCUT2D eigenvalue weighted by atomic mass is 9.62. The van der Waals surface area contributed by atoms with Gasteiger partial charge in [0, 0.05) is 6.61 Å². The molecular weight excluding hydrogens is 184 g/mol. The zero-order valence-electron chi connectivity index (χ0n) is 11.3. The van der Waals surface area contributed by atoms with Crippen molar-refractivity contribution < 1.29 is 4.74 Å². The first-order valence-electron chi connectivity index (χ1n) is 6.51. The van der Waals surface area contributed by atoms with Crippen molar-refractivity contribution in [2.24, 2.45) is 23.2 Å². The van der Waals surface area contributed by atoms with Crippen molar-refractivity contribution in [2.75, 3.05) is 6.61 Å². The second-order valence-corrected chi connectivity index (χ2v) is 6.15. The van der Waals surface area contributed by atoms with Gasteiger partial charge in [0.2, 0.25) is 0 Å². The SMILES string of the molecule is CC(C)C1CC(C(C)C)(C(C)C)CCO1. The molecule has 1 aliphatic rings. The third-order valence-electron chi connectivity index (χ3n) is 4.52. The second kappa shape index (κ2) is 4.86. The summed E-state index contributed by atoms with van der Waals surface area (Å²) >= 11 is 0. The van der Waals surface area contributed by atoms with E-state index in [1.54, 1.807) is 0 Å². The van der Waals surface area contributed by atoms with Gasteiger partial charge in [0.05, 0.1) is 6.10 Å². The summed E-state index contributed by atoms with van der Waals surface area (Å²) in [6, 6.07) is 0. The average molecular weight is 212 g/mol. The lowest BCUT2D eigenvalue weighted by molar-refractivity contribution is -0.103. The van der Waals surface area contributed by atoms with Crippen LogP contribution in [0.25, 0.3) is 0 Å². The van der Waals surface area contributed by atoms with Gasteiger partial charge >= 0.3 is 0 Å². The number of rotatable bonds is 3. The molecule has 1 fully saturated rings. The second-order valence-electron chi connectivity index (χ2n) is 6.15. The molecule has 1 nitrogen and oxygen atoms in total. The topological polar surface area (TPSA) is 9.23 Å². The van der Waals surface area contributed by atoms with Crippen LogP contribution in [-0.4, -0.2) is 12.7 Å². The summed E-state index contributed by atoms with van der Waals surface area (Å²) in [5, 5.41) is 0. The highest BCUT2D eigenvalue weighted by Crippen LogP contribution is 2.47. The van der Waals surface area contributed by atoms with Gasteiger partial charge in [-0.1, -0.05) is 41.5 Å². The molecule has 1 heterocycles. The molecule has 0 N–H and O–H groups in total. The number of hydrogen-bond acceptors (Lipinski definition) is 1. The lowest BCUT2D eigenvalue weighted by Gasteiger charge is -2.48. The van der Waals surface area contributed by atoms with Crippen LogP contribution in [0.15, 0.2) is 0 Å². The molecule has 0 radical (unpaired) electrons. The molecular formula is C14H28O. The molecule has 1 saturated heterocycles. The number of ether oxygens (including phenoxy) is 1. The first-order valence-corrected chi connectivity index (χ1v) is 6.51. The standard InChI is InChI=1S/C14H28O/c1-10(2)13-9-14(11(3)4,12(5)6)7-8-15-13/h10-13H,7-9H2,1-6H3. The van der Waals surface area contributed by atoms with Crippen LogP contribution < -0.4 is 0 Å². The maximum Gasteiger partial charge on any atom is 0.0603 e. The van der Waals surface area contributed by atoms with E-state index in [1.165, 1.54) is 12.8 Å². The van der Waals surface area contributed by atoms with E-state index < -0.39 is 0 Å². The van der Waals surface area contributed by atoms with Crippen LogP contribution in [0, 0.1) is 23.2 Å². The van der Waals surface area contributed by atoms with Crippen molar-refractivity contribution in [3.63, 3.8) is 0 Å². The molecule has 0 amide bonds. The van der Waals surface area contributed by atoms with E-state index in [-0.39, 0.29) is 0 Å². The quantitative estimate of drug-likeness (QED) is 0.684. The van der Waals surface area contributed by atoms with E-state index in [2.05, 4.69) is 41.5 Å². The van der Waals surface area contributed by atoms with Crippen LogP contribution in [0.1, 0.15) is 54.4 Å². The van der Waals surface area contributed by atoms with Gasteiger partial charge in [-0.15, -0.1) is 0 Å². The van der Waals surface area contributed by atoms with Crippen LogP contribution in [0.2, 0.25) is 0 Å².